The molecule has 0 saturated heterocycles. The first-order chi connectivity index (χ1) is 12.6. The average molecular weight is 416 g/mol. The molecule has 1 unspecified atom stereocenters. The summed E-state index contributed by atoms with van der Waals surface area (Å²) in [6.45, 7) is 2.18. The van der Waals surface area contributed by atoms with E-state index in [4.69, 9.17) is 5.73 Å². The average Bonchev–Trinajstić information content (AvgIpc) is 2.61. The molecule has 0 spiro atoms. The molecular weight excluding hydrogens is 395 g/mol. The molecular formula is C19H21ClF3N3O2. The number of hydrogen-bond acceptors (Lipinski definition) is 3. The molecule has 28 heavy (non-hydrogen) atoms. The van der Waals surface area contributed by atoms with Crippen LogP contribution in [0.2, 0.25) is 0 Å². The van der Waals surface area contributed by atoms with E-state index in [9.17, 15) is 22.8 Å². The Morgan fingerprint density at radius 1 is 1.07 bits per heavy atom. The van der Waals surface area contributed by atoms with Gasteiger partial charge in [-0.1, -0.05) is 35.9 Å². The first kappa shape index (κ1) is 23.5. The van der Waals surface area contributed by atoms with Gasteiger partial charge in [-0.2, -0.15) is 13.2 Å². The van der Waals surface area contributed by atoms with Gasteiger partial charge in [0, 0.05) is 11.3 Å². The van der Waals surface area contributed by atoms with Gasteiger partial charge in [0.1, 0.15) is 12.6 Å². The van der Waals surface area contributed by atoms with Crippen molar-refractivity contribution in [3.63, 3.8) is 0 Å². The number of rotatable bonds is 5. The van der Waals surface area contributed by atoms with E-state index in [1.54, 1.807) is 24.4 Å². The summed E-state index contributed by atoms with van der Waals surface area (Å²) in [6, 6.07) is 10.5. The van der Waals surface area contributed by atoms with Crippen molar-refractivity contribution in [2.75, 3.05) is 11.9 Å². The van der Waals surface area contributed by atoms with Crippen molar-refractivity contribution in [2.45, 2.75) is 26.1 Å². The predicted molar refractivity (Wildman–Crippen MR) is 104 cm³/mol. The number of carbonyl (C=O) groups excluding carboxylic acids is 2. The van der Waals surface area contributed by atoms with Gasteiger partial charge in [-0.25, -0.2) is 0 Å². The number of benzene rings is 2. The van der Waals surface area contributed by atoms with E-state index in [-0.39, 0.29) is 18.0 Å². The largest absolute Gasteiger partial charge is 0.405 e. The smallest absolute Gasteiger partial charge is 0.343 e. The topological polar surface area (TPSA) is 84.2 Å². The SMILES string of the molecule is Cc1ccc(C(N)C(=O)Nc2cc(C(=O)NCC(F)(F)F)ccc2C)cc1.Cl. The molecule has 2 amide bonds. The second kappa shape index (κ2) is 9.57. The summed E-state index contributed by atoms with van der Waals surface area (Å²) in [5.41, 5.74) is 8.57. The molecule has 152 valence electrons. The van der Waals surface area contributed by atoms with E-state index in [0.29, 0.717) is 16.8 Å². The van der Waals surface area contributed by atoms with E-state index >= 15 is 0 Å². The minimum absolute atomic E-state index is 0. The van der Waals surface area contributed by atoms with Crippen LogP contribution in [0.25, 0.3) is 0 Å². The second-order valence-corrected chi connectivity index (χ2v) is 6.21. The molecule has 2 aromatic rings. The summed E-state index contributed by atoms with van der Waals surface area (Å²) in [5.74, 6) is -1.37. The zero-order chi connectivity index (χ0) is 20.2. The molecule has 0 aromatic heterocycles. The number of amides is 2. The Morgan fingerprint density at radius 3 is 2.25 bits per heavy atom. The molecule has 0 heterocycles. The number of hydrogen-bond donors (Lipinski definition) is 3. The maximum absolute atomic E-state index is 12.4. The number of alkyl halides is 3. The Morgan fingerprint density at radius 2 is 1.68 bits per heavy atom. The first-order valence-corrected chi connectivity index (χ1v) is 8.15. The Hall–Kier alpha value is -2.58. The summed E-state index contributed by atoms with van der Waals surface area (Å²) in [6.07, 6.45) is -4.50. The highest BCUT2D eigenvalue weighted by molar-refractivity contribution is 5.99. The fraction of sp³-hybridized carbons (Fsp3) is 0.263. The molecule has 0 radical (unpaired) electrons. The third-order valence-electron chi connectivity index (χ3n) is 3.93. The summed E-state index contributed by atoms with van der Waals surface area (Å²) in [7, 11) is 0. The van der Waals surface area contributed by atoms with Crippen LogP contribution in [-0.2, 0) is 4.79 Å². The highest BCUT2D eigenvalue weighted by Gasteiger charge is 2.28. The van der Waals surface area contributed by atoms with Crippen LogP contribution in [0.5, 0.6) is 0 Å². The van der Waals surface area contributed by atoms with Gasteiger partial charge in [-0.3, -0.25) is 9.59 Å². The van der Waals surface area contributed by atoms with Crippen molar-refractivity contribution in [1.82, 2.24) is 5.32 Å². The molecule has 4 N–H and O–H groups in total. The summed E-state index contributed by atoms with van der Waals surface area (Å²) in [4.78, 5) is 24.3. The van der Waals surface area contributed by atoms with Gasteiger partial charge in [0.2, 0.25) is 5.91 Å². The van der Waals surface area contributed by atoms with Crippen LogP contribution in [0, 0.1) is 13.8 Å². The minimum Gasteiger partial charge on any atom is -0.343 e. The lowest BCUT2D eigenvalue weighted by molar-refractivity contribution is -0.123. The lowest BCUT2D eigenvalue weighted by Crippen LogP contribution is -2.33. The van der Waals surface area contributed by atoms with Gasteiger partial charge in [0.15, 0.2) is 0 Å². The van der Waals surface area contributed by atoms with Crippen molar-refractivity contribution >= 4 is 29.9 Å². The fourth-order valence-corrected chi connectivity index (χ4v) is 2.32. The van der Waals surface area contributed by atoms with Crippen LogP contribution in [0.1, 0.15) is 33.1 Å². The van der Waals surface area contributed by atoms with Crippen LogP contribution < -0.4 is 16.4 Å². The molecule has 9 heteroatoms. The maximum atomic E-state index is 12.4. The zero-order valence-corrected chi connectivity index (χ0v) is 16.1. The highest BCUT2D eigenvalue weighted by Crippen LogP contribution is 2.20. The lowest BCUT2D eigenvalue weighted by Gasteiger charge is -2.15. The fourth-order valence-electron chi connectivity index (χ4n) is 2.32. The van der Waals surface area contributed by atoms with Gasteiger partial charge in [0.05, 0.1) is 0 Å². The monoisotopic (exact) mass is 415 g/mol. The Kier molecular flexibility index (Phi) is 8.01. The van der Waals surface area contributed by atoms with Crippen LogP contribution >= 0.6 is 12.4 Å². The van der Waals surface area contributed by atoms with E-state index in [0.717, 1.165) is 5.56 Å². The predicted octanol–water partition coefficient (Wildman–Crippen LogP) is 3.66. The van der Waals surface area contributed by atoms with Gasteiger partial charge < -0.3 is 16.4 Å². The Bertz CT molecular complexity index is 839. The van der Waals surface area contributed by atoms with Crippen molar-refractivity contribution in [3.05, 3.63) is 64.7 Å². The zero-order valence-electron chi connectivity index (χ0n) is 15.3. The van der Waals surface area contributed by atoms with Crippen molar-refractivity contribution in [2.24, 2.45) is 5.73 Å². The number of carbonyl (C=O) groups is 2. The van der Waals surface area contributed by atoms with Crippen molar-refractivity contribution in [3.8, 4) is 0 Å². The van der Waals surface area contributed by atoms with Crippen molar-refractivity contribution in [1.29, 1.82) is 0 Å². The van der Waals surface area contributed by atoms with Crippen LogP contribution in [0.3, 0.4) is 0 Å². The van der Waals surface area contributed by atoms with Crippen LogP contribution in [0.4, 0.5) is 18.9 Å². The molecule has 0 bridgehead atoms. The second-order valence-electron chi connectivity index (χ2n) is 6.21. The minimum atomic E-state index is -4.50. The first-order valence-electron chi connectivity index (χ1n) is 8.15. The lowest BCUT2D eigenvalue weighted by atomic mass is 10.0. The third kappa shape index (κ3) is 6.54. The molecule has 0 saturated carbocycles. The summed E-state index contributed by atoms with van der Waals surface area (Å²) < 4.78 is 36.7. The van der Waals surface area contributed by atoms with Crippen LogP contribution in [-0.4, -0.2) is 24.5 Å². The Labute approximate surface area is 166 Å². The molecule has 2 rings (SSSR count). The van der Waals surface area contributed by atoms with Gasteiger partial charge in [0.25, 0.3) is 5.91 Å². The molecule has 0 aliphatic rings. The standard InChI is InChI=1S/C19H20F3N3O2.ClH/c1-11-3-6-13(7-4-11)16(23)18(27)25-15-9-14(8-5-12(15)2)17(26)24-10-19(20,21)22;/h3-9,16H,10,23H2,1-2H3,(H,24,26)(H,25,27);1H. The molecule has 5 nitrogen and oxygen atoms in total. The Balaban J connectivity index is 0.00000392. The molecule has 0 aliphatic carbocycles. The summed E-state index contributed by atoms with van der Waals surface area (Å²) >= 11 is 0. The maximum Gasteiger partial charge on any atom is 0.405 e. The number of halogens is 4. The van der Waals surface area contributed by atoms with Gasteiger partial charge >= 0.3 is 6.18 Å². The van der Waals surface area contributed by atoms with Gasteiger partial charge in [-0.05, 0) is 37.1 Å². The third-order valence-corrected chi connectivity index (χ3v) is 3.93. The molecule has 0 fully saturated rings. The van der Waals surface area contributed by atoms with E-state index in [2.05, 4.69) is 5.32 Å². The van der Waals surface area contributed by atoms with E-state index in [1.807, 2.05) is 19.1 Å². The van der Waals surface area contributed by atoms with E-state index < -0.39 is 30.6 Å². The van der Waals surface area contributed by atoms with Crippen LogP contribution in [0.15, 0.2) is 42.5 Å². The number of aryl methyl sites for hydroxylation is 2. The van der Waals surface area contributed by atoms with Crippen molar-refractivity contribution < 1.29 is 22.8 Å². The molecule has 2 aromatic carbocycles. The normalized spacial score (nSPS) is 11.9. The molecule has 1 atom stereocenters. The van der Waals surface area contributed by atoms with Gasteiger partial charge in [-0.15, -0.1) is 12.4 Å². The highest BCUT2D eigenvalue weighted by atomic mass is 35.5. The van der Waals surface area contributed by atoms with E-state index in [1.165, 1.54) is 18.2 Å². The number of nitrogens with two attached hydrogens (primary N) is 1. The summed E-state index contributed by atoms with van der Waals surface area (Å²) in [5, 5.41) is 4.42. The quantitative estimate of drug-likeness (QED) is 0.696. The number of nitrogens with one attached hydrogen (secondary N) is 2. The number of anilines is 1. The molecule has 0 aliphatic heterocycles.